The van der Waals surface area contributed by atoms with Gasteiger partial charge in [0.2, 0.25) is 5.91 Å². The average Bonchev–Trinajstić information content (AvgIpc) is 2.51. The third-order valence-electron chi connectivity index (χ3n) is 3.52. The van der Waals surface area contributed by atoms with Crippen LogP contribution >= 0.6 is 0 Å². The molecule has 0 heterocycles. The molecule has 2 N–H and O–H groups in total. The predicted octanol–water partition coefficient (Wildman–Crippen LogP) is 2.53. The Morgan fingerprint density at radius 2 is 1.71 bits per heavy atom. The lowest BCUT2D eigenvalue weighted by Gasteiger charge is -2.08. The van der Waals surface area contributed by atoms with Gasteiger partial charge in [0.05, 0.1) is 6.54 Å². The Hall–Kier alpha value is -2.69. The second kappa shape index (κ2) is 8.24. The van der Waals surface area contributed by atoms with Gasteiger partial charge in [0.1, 0.15) is 5.82 Å². The molecule has 0 bridgehead atoms. The maximum atomic E-state index is 13.0. The average molecular weight is 328 g/mol. The van der Waals surface area contributed by atoms with E-state index in [0.29, 0.717) is 18.5 Å². The number of aryl methyl sites for hydroxylation is 2. The fourth-order valence-electron chi connectivity index (χ4n) is 2.47. The smallest absolute Gasteiger partial charge is 0.251 e. The Morgan fingerprint density at radius 1 is 1.00 bits per heavy atom. The molecule has 2 aromatic carbocycles. The molecule has 126 valence electrons. The minimum absolute atomic E-state index is 0.0883. The van der Waals surface area contributed by atoms with Crippen molar-refractivity contribution >= 4 is 11.8 Å². The van der Waals surface area contributed by atoms with Crippen molar-refractivity contribution in [1.29, 1.82) is 0 Å². The van der Waals surface area contributed by atoms with Crippen LogP contribution in [0.1, 0.15) is 27.0 Å². The van der Waals surface area contributed by atoms with Crippen LogP contribution in [0.15, 0.2) is 42.5 Å². The number of carbonyl (C=O) groups excluding carboxylic acids is 2. The maximum Gasteiger partial charge on any atom is 0.251 e. The summed E-state index contributed by atoms with van der Waals surface area (Å²) in [4.78, 5) is 23.8. The van der Waals surface area contributed by atoms with E-state index in [1.165, 1.54) is 12.1 Å². The molecule has 0 aromatic heterocycles. The van der Waals surface area contributed by atoms with E-state index in [4.69, 9.17) is 0 Å². The van der Waals surface area contributed by atoms with Gasteiger partial charge in [-0.2, -0.15) is 0 Å². The lowest BCUT2D eigenvalue weighted by atomic mass is 10.1. The highest BCUT2D eigenvalue weighted by molar-refractivity contribution is 5.96. The van der Waals surface area contributed by atoms with Gasteiger partial charge < -0.3 is 10.6 Å². The van der Waals surface area contributed by atoms with Gasteiger partial charge in [0, 0.05) is 12.1 Å². The highest BCUT2D eigenvalue weighted by atomic mass is 19.1. The molecule has 0 spiro atoms. The molecule has 0 aliphatic heterocycles. The Bertz CT molecular complexity index is 724. The van der Waals surface area contributed by atoms with Gasteiger partial charge in [-0.15, -0.1) is 0 Å². The highest BCUT2D eigenvalue weighted by Gasteiger charge is 2.08. The number of benzene rings is 2. The van der Waals surface area contributed by atoms with E-state index in [0.717, 1.165) is 16.7 Å². The second-order valence-electron chi connectivity index (χ2n) is 5.79. The third-order valence-corrected chi connectivity index (χ3v) is 3.52. The van der Waals surface area contributed by atoms with Crippen LogP contribution in [0.3, 0.4) is 0 Å². The minimum Gasteiger partial charge on any atom is -0.354 e. The molecule has 2 aromatic rings. The number of rotatable bonds is 6. The Kier molecular flexibility index (Phi) is 6.07. The number of hydrogen-bond donors (Lipinski definition) is 2. The van der Waals surface area contributed by atoms with Gasteiger partial charge in [0.25, 0.3) is 5.91 Å². The summed E-state index contributed by atoms with van der Waals surface area (Å²) in [6.07, 6.45) is 0.536. The summed E-state index contributed by atoms with van der Waals surface area (Å²) in [5.74, 6) is -0.842. The second-order valence-corrected chi connectivity index (χ2v) is 5.79. The zero-order valence-corrected chi connectivity index (χ0v) is 13.9. The van der Waals surface area contributed by atoms with Crippen LogP contribution in [0.4, 0.5) is 4.39 Å². The number of nitrogens with one attached hydrogen (secondary N) is 2. The highest BCUT2D eigenvalue weighted by Crippen LogP contribution is 2.08. The fourth-order valence-corrected chi connectivity index (χ4v) is 2.47. The summed E-state index contributed by atoms with van der Waals surface area (Å²) in [7, 11) is 0. The first-order valence-electron chi connectivity index (χ1n) is 7.81. The van der Waals surface area contributed by atoms with Gasteiger partial charge >= 0.3 is 0 Å². The molecule has 2 amide bonds. The molecule has 0 saturated heterocycles. The SMILES string of the molecule is Cc1cc(C)cc(C(=O)NCC(=O)NCCc2cccc(F)c2)c1. The maximum absolute atomic E-state index is 13.0. The van der Waals surface area contributed by atoms with Crippen molar-refractivity contribution in [1.82, 2.24) is 10.6 Å². The first-order valence-corrected chi connectivity index (χ1v) is 7.81. The van der Waals surface area contributed by atoms with Crippen molar-refractivity contribution in [2.24, 2.45) is 0 Å². The predicted molar refractivity (Wildman–Crippen MR) is 91.4 cm³/mol. The van der Waals surface area contributed by atoms with Crippen LogP contribution in [-0.2, 0) is 11.2 Å². The van der Waals surface area contributed by atoms with Crippen molar-refractivity contribution in [2.75, 3.05) is 13.1 Å². The normalized spacial score (nSPS) is 10.3. The van der Waals surface area contributed by atoms with Gasteiger partial charge in [-0.05, 0) is 50.1 Å². The van der Waals surface area contributed by atoms with Gasteiger partial charge in [-0.3, -0.25) is 9.59 Å². The van der Waals surface area contributed by atoms with Crippen molar-refractivity contribution < 1.29 is 14.0 Å². The summed E-state index contributed by atoms with van der Waals surface area (Å²) in [5, 5.41) is 5.30. The van der Waals surface area contributed by atoms with E-state index in [2.05, 4.69) is 10.6 Å². The Morgan fingerprint density at radius 3 is 2.38 bits per heavy atom. The molecule has 0 aliphatic carbocycles. The number of carbonyl (C=O) groups is 2. The summed E-state index contributed by atoms with van der Waals surface area (Å²) in [6.45, 7) is 4.14. The van der Waals surface area contributed by atoms with Crippen LogP contribution < -0.4 is 10.6 Å². The molecular formula is C19H21FN2O2. The molecular weight excluding hydrogens is 307 g/mol. The lowest BCUT2D eigenvalue weighted by molar-refractivity contribution is -0.120. The van der Waals surface area contributed by atoms with E-state index in [9.17, 15) is 14.0 Å². The standard InChI is InChI=1S/C19H21FN2O2/c1-13-8-14(2)10-16(9-13)19(24)22-12-18(23)21-7-6-15-4-3-5-17(20)11-15/h3-5,8-11H,6-7,12H2,1-2H3,(H,21,23)(H,22,24). The molecule has 0 radical (unpaired) electrons. The minimum atomic E-state index is -0.292. The molecule has 24 heavy (non-hydrogen) atoms. The molecule has 2 rings (SSSR count). The quantitative estimate of drug-likeness (QED) is 0.856. The molecule has 5 heteroatoms. The summed E-state index contributed by atoms with van der Waals surface area (Å²) >= 11 is 0. The number of amides is 2. The van der Waals surface area contributed by atoms with E-state index >= 15 is 0 Å². The van der Waals surface area contributed by atoms with Gasteiger partial charge in [-0.25, -0.2) is 4.39 Å². The molecule has 0 aliphatic rings. The Balaban J connectivity index is 1.75. The van der Waals surface area contributed by atoms with E-state index in [1.54, 1.807) is 24.3 Å². The van der Waals surface area contributed by atoms with Crippen molar-refractivity contribution in [3.8, 4) is 0 Å². The molecule has 4 nitrogen and oxygen atoms in total. The first kappa shape index (κ1) is 17.7. The molecule has 0 fully saturated rings. The zero-order valence-electron chi connectivity index (χ0n) is 13.9. The molecule has 0 atom stereocenters. The third kappa shape index (κ3) is 5.50. The van der Waals surface area contributed by atoms with Gasteiger partial charge in [0.15, 0.2) is 0 Å². The molecule has 0 unspecified atom stereocenters. The first-order chi connectivity index (χ1) is 11.4. The monoisotopic (exact) mass is 328 g/mol. The lowest BCUT2D eigenvalue weighted by Crippen LogP contribution is -2.37. The number of hydrogen-bond acceptors (Lipinski definition) is 2. The Labute approximate surface area is 141 Å². The van der Waals surface area contributed by atoms with Crippen LogP contribution in [-0.4, -0.2) is 24.9 Å². The van der Waals surface area contributed by atoms with Crippen molar-refractivity contribution in [2.45, 2.75) is 20.3 Å². The fraction of sp³-hybridized carbons (Fsp3) is 0.263. The van der Waals surface area contributed by atoms with Crippen LogP contribution in [0.25, 0.3) is 0 Å². The van der Waals surface area contributed by atoms with E-state index < -0.39 is 0 Å². The zero-order chi connectivity index (χ0) is 17.5. The van der Waals surface area contributed by atoms with Crippen LogP contribution in [0, 0.1) is 19.7 Å². The van der Waals surface area contributed by atoms with E-state index in [1.807, 2.05) is 19.9 Å². The largest absolute Gasteiger partial charge is 0.354 e. The topological polar surface area (TPSA) is 58.2 Å². The van der Waals surface area contributed by atoms with Gasteiger partial charge in [-0.1, -0.05) is 29.3 Å². The summed E-state index contributed by atoms with van der Waals surface area (Å²) < 4.78 is 13.0. The van der Waals surface area contributed by atoms with Crippen LogP contribution in [0.2, 0.25) is 0 Å². The summed E-state index contributed by atoms with van der Waals surface area (Å²) in [6, 6.07) is 11.8. The number of halogens is 1. The van der Waals surface area contributed by atoms with Crippen molar-refractivity contribution in [3.63, 3.8) is 0 Å². The van der Waals surface area contributed by atoms with Crippen LogP contribution in [0.5, 0.6) is 0 Å². The summed E-state index contributed by atoms with van der Waals surface area (Å²) in [5.41, 5.74) is 3.36. The molecule has 0 saturated carbocycles. The van der Waals surface area contributed by atoms with Crippen molar-refractivity contribution in [3.05, 3.63) is 70.5 Å². The van der Waals surface area contributed by atoms with E-state index in [-0.39, 0.29) is 24.2 Å².